The number of thioether (sulfide) groups is 2. The molecule has 0 amide bonds. The normalized spacial score (nSPS) is 52.7. The first-order valence-electron chi connectivity index (χ1n) is 15.5. The summed E-state index contributed by atoms with van der Waals surface area (Å²) in [6.45, 7) is 3.76. The summed E-state index contributed by atoms with van der Waals surface area (Å²) in [6, 6.07) is 0. The van der Waals surface area contributed by atoms with Crippen molar-refractivity contribution in [2.45, 2.75) is 107 Å². The second kappa shape index (κ2) is 10.4. The van der Waals surface area contributed by atoms with E-state index in [1.54, 1.807) is 18.7 Å². The van der Waals surface area contributed by atoms with Crippen LogP contribution in [0.3, 0.4) is 0 Å². The number of rotatable bonds is 8. The summed E-state index contributed by atoms with van der Waals surface area (Å²) < 4.78 is 13.3. The minimum atomic E-state index is 0.309. The van der Waals surface area contributed by atoms with E-state index in [0.29, 0.717) is 22.6 Å². The third-order valence-electron chi connectivity index (χ3n) is 12.5. The molecular formula is C31H48O3S2. The fraction of sp³-hybridized carbons (Fsp3) is 0.968. The predicted molar refractivity (Wildman–Crippen MR) is 149 cm³/mol. The fourth-order valence-corrected chi connectivity index (χ4v) is 12.8. The number of hydrogen-bond acceptors (Lipinski definition) is 5. The lowest BCUT2D eigenvalue weighted by Crippen LogP contribution is -2.33. The minimum Gasteiger partial charge on any atom is -0.378 e. The van der Waals surface area contributed by atoms with Gasteiger partial charge in [0.1, 0.15) is 0 Å². The summed E-state index contributed by atoms with van der Waals surface area (Å²) in [6.07, 6.45) is 19.9. The summed E-state index contributed by atoms with van der Waals surface area (Å²) in [5, 5.41) is 1.83. The van der Waals surface area contributed by atoms with Gasteiger partial charge in [0.05, 0.1) is 12.2 Å². The molecule has 202 valence electrons. The molecule has 36 heavy (non-hydrogen) atoms. The van der Waals surface area contributed by atoms with Crippen LogP contribution in [0.5, 0.6) is 0 Å². The van der Waals surface area contributed by atoms with Crippen LogP contribution < -0.4 is 0 Å². The molecule has 7 fully saturated rings. The van der Waals surface area contributed by atoms with Crippen LogP contribution in [0.15, 0.2) is 0 Å². The highest BCUT2D eigenvalue weighted by atomic mass is 32.2. The van der Waals surface area contributed by atoms with Gasteiger partial charge in [-0.2, -0.15) is 11.8 Å². The van der Waals surface area contributed by atoms with Gasteiger partial charge in [0.25, 0.3) is 0 Å². The maximum absolute atomic E-state index is 11.6. The molecule has 4 bridgehead atoms. The molecule has 5 heteroatoms. The molecule has 12 atom stereocenters. The minimum absolute atomic E-state index is 0.309. The Kier molecular flexibility index (Phi) is 7.27. The molecule has 7 aliphatic rings. The Bertz CT molecular complexity index is 812. The summed E-state index contributed by atoms with van der Waals surface area (Å²) >= 11 is 3.73. The Labute approximate surface area is 227 Å². The van der Waals surface area contributed by atoms with E-state index in [0.717, 1.165) is 77.6 Å². The summed E-state index contributed by atoms with van der Waals surface area (Å²) in [5.74, 6) is 8.86. The highest BCUT2D eigenvalue weighted by Gasteiger charge is 2.57. The molecule has 0 aromatic rings. The molecule has 0 aliphatic heterocycles. The lowest BCUT2D eigenvalue weighted by Gasteiger charge is -2.35. The molecular weight excluding hydrogens is 484 g/mol. The van der Waals surface area contributed by atoms with Crippen molar-refractivity contribution in [2.24, 2.45) is 59.2 Å². The highest BCUT2D eigenvalue weighted by molar-refractivity contribution is 8.14. The molecule has 7 aliphatic carbocycles. The lowest BCUT2D eigenvalue weighted by atomic mass is 9.79. The standard InChI is InChI=1S/C31H48O3S2/c1-17(32)36-23-13-25-21-8-29(27(25)14-23)31(10-21)34-16-19-5-3-18(4-6-19)15-33-30-9-20-7-28(30)26-12-22(35-2)11-24(20)26/h18-31H,3-16H2,1-2H3. The molecule has 0 saturated heterocycles. The van der Waals surface area contributed by atoms with Crippen molar-refractivity contribution in [3.05, 3.63) is 0 Å². The van der Waals surface area contributed by atoms with Crippen molar-refractivity contribution in [1.29, 1.82) is 0 Å². The van der Waals surface area contributed by atoms with E-state index in [1.807, 2.05) is 0 Å². The largest absolute Gasteiger partial charge is 0.378 e. The monoisotopic (exact) mass is 532 g/mol. The van der Waals surface area contributed by atoms with Gasteiger partial charge in [0.15, 0.2) is 5.12 Å². The van der Waals surface area contributed by atoms with Crippen LogP contribution in [0.2, 0.25) is 0 Å². The third kappa shape index (κ3) is 4.66. The van der Waals surface area contributed by atoms with Gasteiger partial charge in [-0.05, 0) is 142 Å². The average Bonchev–Trinajstić information content (AvgIpc) is 3.68. The summed E-state index contributed by atoms with van der Waals surface area (Å²) in [4.78, 5) is 11.6. The van der Waals surface area contributed by atoms with Crippen LogP contribution in [-0.2, 0) is 14.3 Å². The SMILES string of the molecule is CSC1CC2C3CC(OCC4CCC(COC5CC6CC5C5CC(SC(C)=O)CC65)CC4)C(C3)C2C1. The van der Waals surface area contributed by atoms with Crippen molar-refractivity contribution in [1.82, 2.24) is 0 Å². The average molecular weight is 533 g/mol. The van der Waals surface area contributed by atoms with Gasteiger partial charge in [-0.1, -0.05) is 11.8 Å². The Morgan fingerprint density at radius 1 is 0.639 bits per heavy atom. The predicted octanol–water partition coefficient (Wildman–Crippen LogP) is 7.08. The zero-order chi connectivity index (χ0) is 24.4. The van der Waals surface area contributed by atoms with Crippen LogP contribution in [0.1, 0.15) is 84.0 Å². The van der Waals surface area contributed by atoms with Crippen LogP contribution in [-0.4, -0.2) is 47.3 Å². The topological polar surface area (TPSA) is 35.5 Å². The number of ether oxygens (including phenoxy) is 2. The van der Waals surface area contributed by atoms with Gasteiger partial charge in [-0.25, -0.2) is 0 Å². The van der Waals surface area contributed by atoms with Crippen molar-refractivity contribution < 1.29 is 14.3 Å². The van der Waals surface area contributed by atoms with Gasteiger partial charge in [-0.15, -0.1) is 0 Å². The summed E-state index contributed by atoms with van der Waals surface area (Å²) in [7, 11) is 0. The first kappa shape index (κ1) is 25.3. The molecule has 0 N–H and O–H groups in total. The fourth-order valence-electron chi connectivity index (χ4n) is 10.9. The third-order valence-corrected chi connectivity index (χ3v) is 14.6. The maximum Gasteiger partial charge on any atom is 0.186 e. The number of carbonyl (C=O) groups is 1. The first-order chi connectivity index (χ1) is 17.6. The molecule has 0 aromatic heterocycles. The van der Waals surface area contributed by atoms with Gasteiger partial charge < -0.3 is 9.47 Å². The Morgan fingerprint density at radius 3 is 1.61 bits per heavy atom. The molecule has 0 spiro atoms. The molecule has 0 aromatic carbocycles. The van der Waals surface area contributed by atoms with Gasteiger partial charge >= 0.3 is 0 Å². The van der Waals surface area contributed by atoms with Gasteiger partial charge in [-0.3, -0.25) is 4.79 Å². The number of fused-ring (bicyclic) bond motifs is 10. The van der Waals surface area contributed by atoms with E-state index < -0.39 is 0 Å². The molecule has 3 nitrogen and oxygen atoms in total. The van der Waals surface area contributed by atoms with E-state index in [9.17, 15) is 4.79 Å². The van der Waals surface area contributed by atoms with Crippen molar-refractivity contribution in [2.75, 3.05) is 19.5 Å². The van der Waals surface area contributed by atoms with E-state index in [4.69, 9.17) is 9.47 Å². The lowest BCUT2D eigenvalue weighted by molar-refractivity contribution is -0.109. The Hall–Kier alpha value is 0.290. The molecule has 7 saturated carbocycles. The van der Waals surface area contributed by atoms with Gasteiger partial charge in [0.2, 0.25) is 0 Å². The van der Waals surface area contributed by atoms with E-state index >= 15 is 0 Å². The van der Waals surface area contributed by atoms with Crippen molar-refractivity contribution in [3.8, 4) is 0 Å². The van der Waals surface area contributed by atoms with Crippen LogP contribution >= 0.6 is 23.5 Å². The molecule has 0 radical (unpaired) electrons. The van der Waals surface area contributed by atoms with E-state index in [1.165, 1.54) is 77.0 Å². The molecule has 12 unspecified atom stereocenters. The van der Waals surface area contributed by atoms with Gasteiger partial charge in [0, 0.05) is 30.6 Å². The molecule has 7 rings (SSSR count). The van der Waals surface area contributed by atoms with E-state index in [2.05, 4.69) is 18.0 Å². The Morgan fingerprint density at radius 2 is 1.11 bits per heavy atom. The maximum atomic E-state index is 11.6. The molecule has 0 heterocycles. The number of hydrogen-bond donors (Lipinski definition) is 0. The summed E-state index contributed by atoms with van der Waals surface area (Å²) in [5.41, 5.74) is 0. The van der Waals surface area contributed by atoms with Crippen molar-refractivity contribution in [3.63, 3.8) is 0 Å². The van der Waals surface area contributed by atoms with E-state index in [-0.39, 0.29) is 0 Å². The zero-order valence-corrected chi connectivity index (χ0v) is 24.2. The first-order valence-corrected chi connectivity index (χ1v) is 17.7. The van der Waals surface area contributed by atoms with Crippen molar-refractivity contribution >= 4 is 28.6 Å². The zero-order valence-electron chi connectivity index (χ0n) is 22.5. The Balaban J connectivity index is 0.819. The van der Waals surface area contributed by atoms with Crippen LogP contribution in [0.25, 0.3) is 0 Å². The second-order valence-corrected chi connectivity index (χ2v) is 16.7. The quantitative estimate of drug-likeness (QED) is 0.334. The highest BCUT2D eigenvalue weighted by Crippen LogP contribution is 2.62. The van der Waals surface area contributed by atoms with Crippen LogP contribution in [0, 0.1) is 59.2 Å². The smallest absolute Gasteiger partial charge is 0.186 e. The van der Waals surface area contributed by atoms with Crippen LogP contribution in [0.4, 0.5) is 0 Å². The number of carbonyl (C=O) groups excluding carboxylic acids is 1. The second-order valence-electron chi connectivity index (χ2n) is 14.1.